The van der Waals surface area contributed by atoms with E-state index in [4.69, 9.17) is 0 Å². The van der Waals surface area contributed by atoms with Crippen LogP contribution in [0.1, 0.15) is 24.6 Å². The maximum atomic E-state index is 12.2. The number of rotatable bonds is 6. The van der Waals surface area contributed by atoms with Gasteiger partial charge in [0.25, 0.3) is 0 Å². The summed E-state index contributed by atoms with van der Waals surface area (Å²) in [5, 5.41) is 5.18. The first-order valence-corrected chi connectivity index (χ1v) is 9.12. The lowest BCUT2D eigenvalue weighted by atomic mass is 9.98. The summed E-state index contributed by atoms with van der Waals surface area (Å²) in [6.07, 6.45) is 3.51. The van der Waals surface area contributed by atoms with Crippen molar-refractivity contribution >= 4 is 17.4 Å². The fraction of sp³-hybridized carbons (Fsp3) is 0.706. The third-order valence-electron chi connectivity index (χ3n) is 4.33. The molecule has 22 heavy (non-hydrogen) atoms. The Morgan fingerprint density at radius 2 is 2.41 bits per heavy atom. The molecule has 2 atom stereocenters. The summed E-state index contributed by atoms with van der Waals surface area (Å²) in [6.45, 7) is 6.08. The minimum atomic E-state index is 0.0613. The molecule has 1 aliphatic heterocycles. The van der Waals surface area contributed by atoms with E-state index in [0.29, 0.717) is 11.8 Å². The number of hydrogen-bond donors (Lipinski definition) is 1. The van der Waals surface area contributed by atoms with Gasteiger partial charge in [-0.3, -0.25) is 0 Å². The average molecular weight is 324 g/mol. The SMILES string of the molecule is C[C@@H](CNC(=O)N(C)C[C@H]1CCCN(C)C1)Cc1cccs1. The van der Waals surface area contributed by atoms with E-state index in [1.807, 2.05) is 11.9 Å². The average Bonchev–Trinajstić information content (AvgIpc) is 2.97. The Morgan fingerprint density at radius 3 is 3.09 bits per heavy atom. The maximum absolute atomic E-state index is 12.2. The Morgan fingerprint density at radius 1 is 1.59 bits per heavy atom. The van der Waals surface area contributed by atoms with Crippen LogP contribution in [0.5, 0.6) is 0 Å². The molecule has 2 heterocycles. The van der Waals surface area contributed by atoms with Crippen LogP contribution in [-0.2, 0) is 6.42 Å². The van der Waals surface area contributed by atoms with Crippen LogP contribution in [0.3, 0.4) is 0 Å². The molecule has 0 spiro atoms. The molecule has 0 aromatic carbocycles. The number of hydrogen-bond acceptors (Lipinski definition) is 3. The molecule has 124 valence electrons. The van der Waals surface area contributed by atoms with Gasteiger partial charge >= 0.3 is 6.03 Å². The molecule has 0 radical (unpaired) electrons. The number of carbonyl (C=O) groups is 1. The normalized spacial score (nSPS) is 20.6. The van der Waals surface area contributed by atoms with Crippen molar-refractivity contribution in [3.63, 3.8) is 0 Å². The van der Waals surface area contributed by atoms with Crippen LogP contribution >= 0.6 is 11.3 Å². The van der Waals surface area contributed by atoms with Crippen molar-refractivity contribution in [2.24, 2.45) is 11.8 Å². The smallest absolute Gasteiger partial charge is 0.317 e. The van der Waals surface area contributed by atoms with Gasteiger partial charge in [-0.1, -0.05) is 13.0 Å². The van der Waals surface area contributed by atoms with E-state index in [1.54, 1.807) is 11.3 Å². The van der Waals surface area contributed by atoms with Gasteiger partial charge in [0.1, 0.15) is 0 Å². The zero-order valence-corrected chi connectivity index (χ0v) is 14.9. The second kappa shape index (κ2) is 8.53. The minimum absolute atomic E-state index is 0.0613. The molecule has 1 saturated heterocycles. The molecule has 2 amide bonds. The summed E-state index contributed by atoms with van der Waals surface area (Å²) in [6, 6.07) is 4.31. The van der Waals surface area contributed by atoms with Gasteiger partial charge in [0.05, 0.1) is 0 Å². The van der Waals surface area contributed by atoms with E-state index in [2.05, 4.69) is 41.7 Å². The predicted molar refractivity (Wildman–Crippen MR) is 93.4 cm³/mol. The zero-order chi connectivity index (χ0) is 15.9. The van der Waals surface area contributed by atoms with Crippen LogP contribution in [0, 0.1) is 11.8 Å². The standard InChI is InChI=1S/C17H29N3OS/c1-14(10-16-7-5-9-22-16)11-18-17(21)20(3)13-15-6-4-8-19(2)12-15/h5,7,9,14-15H,4,6,8,10-13H2,1-3H3,(H,18,21)/t14-,15+/m1/s1. The summed E-state index contributed by atoms with van der Waals surface area (Å²) >= 11 is 1.79. The van der Waals surface area contributed by atoms with E-state index in [0.717, 1.165) is 26.1 Å². The molecule has 2 rings (SSSR count). The summed E-state index contributed by atoms with van der Waals surface area (Å²) in [5.74, 6) is 1.08. The second-order valence-corrected chi connectivity index (χ2v) is 7.76. The molecule has 1 aliphatic rings. The summed E-state index contributed by atoms with van der Waals surface area (Å²) in [4.78, 5) is 17.8. The van der Waals surface area contributed by atoms with Crippen molar-refractivity contribution in [2.45, 2.75) is 26.2 Å². The zero-order valence-electron chi connectivity index (χ0n) is 14.0. The van der Waals surface area contributed by atoms with Gasteiger partial charge in [-0.15, -0.1) is 11.3 Å². The summed E-state index contributed by atoms with van der Waals surface area (Å²) in [7, 11) is 4.08. The Kier molecular flexibility index (Phi) is 6.70. The van der Waals surface area contributed by atoms with E-state index >= 15 is 0 Å². The van der Waals surface area contributed by atoms with E-state index < -0.39 is 0 Å². The fourth-order valence-electron chi connectivity index (χ4n) is 3.13. The lowest BCUT2D eigenvalue weighted by Crippen LogP contribution is -2.44. The van der Waals surface area contributed by atoms with Gasteiger partial charge in [-0.25, -0.2) is 4.79 Å². The van der Waals surface area contributed by atoms with Gasteiger partial charge in [0.2, 0.25) is 0 Å². The predicted octanol–water partition coefficient (Wildman–Crippen LogP) is 2.91. The third-order valence-corrected chi connectivity index (χ3v) is 5.23. The highest BCUT2D eigenvalue weighted by molar-refractivity contribution is 7.09. The van der Waals surface area contributed by atoms with Gasteiger partial charge in [-0.05, 0) is 56.1 Å². The maximum Gasteiger partial charge on any atom is 0.317 e. The molecular weight excluding hydrogens is 294 g/mol. The van der Waals surface area contributed by atoms with Crippen LogP contribution in [-0.4, -0.2) is 56.1 Å². The minimum Gasteiger partial charge on any atom is -0.338 e. The first-order chi connectivity index (χ1) is 10.5. The molecule has 1 aromatic heterocycles. The molecule has 1 fully saturated rings. The monoisotopic (exact) mass is 323 g/mol. The molecule has 0 unspecified atom stereocenters. The first-order valence-electron chi connectivity index (χ1n) is 8.24. The van der Waals surface area contributed by atoms with Crippen LogP contribution < -0.4 is 5.32 Å². The van der Waals surface area contributed by atoms with Crippen LogP contribution in [0.25, 0.3) is 0 Å². The fourth-order valence-corrected chi connectivity index (χ4v) is 4.00. The van der Waals surface area contributed by atoms with E-state index in [-0.39, 0.29) is 6.03 Å². The van der Waals surface area contributed by atoms with E-state index in [1.165, 1.54) is 24.3 Å². The molecule has 1 N–H and O–H groups in total. The number of nitrogens with one attached hydrogen (secondary N) is 1. The van der Waals surface area contributed by atoms with Crippen LogP contribution in [0.15, 0.2) is 17.5 Å². The Labute approximate surface area is 138 Å². The topological polar surface area (TPSA) is 35.6 Å². The first kappa shape index (κ1) is 17.3. The van der Waals surface area contributed by atoms with Crippen LogP contribution in [0.4, 0.5) is 4.79 Å². The molecular formula is C17H29N3OS. The lowest BCUT2D eigenvalue weighted by Gasteiger charge is -2.32. The Bertz CT molecular complexity index is 449. The number of piperidine rings is 1. The molecule has 5 heteroatoms. The second-order valence-electron chi connectivity index (χ2n) is 6.73. The van der Waals surface area contributed by atoms with Gasteiger partial charge < -0.3 is 15.1 Å². The Hall–Kier alpha value is -1.07. The van der Waals surface area contributed by atoms with Gasteiger partial charge in [0, 0.05) is 31.6 Å². The number of thiophene rings is 1. The lowest BCUT2D eigenvalue weighted by molar-refractivity contribution is 0.163. The highest BCUT2D eigenvalue weighted by Gasteiger charge is 2.20. The molecule has 0 bridgehead atoms. The molecule has 1 aromatic rings. The summed E-state index contributed by atoms with van der Waals surface area (Å²) < 4.78 is 0. The highest BCUT2D eigenvalue weighted by Crippen LogP contribution is 2.16. The molecule has 4 nitrogen and oxygen atoms in total. The largest absolute Gasteiger partial charge is 0.338 e. The van der Waals surface area contributed by atoms with Gasteiger partial charge in [-0.2, -0.15) is 0 Å². The van der Waals surface area contributed by atoms with Crippen LogP contribution in [0.2, 0.25) is 0 Å². The quantitative estimate of drug-likeness (QED) is 0.874. The van der Waals surface area contributed by atoms with Crippen molar-refractivity contribution in [1.82, 2.24) is 15.1 Å². The van der Waals surface area contributed by atoms with Crippen molar-refractivity contribution in [3.05, 3.63) is 22.4 Å². The molecule has 0 aliphatic carbocycles. The number of likely N-dealkylation sites (tertiary alicyclic amines) is 1. The number of carbonyl (C=O) groups excluding carboxylic acids is 1. The van der Waals surface area contributed by atoms with E-state index in [9.17, 15) is 4.79 Å². The summed E-state index contributed by atoms with van der Waals surface area (Å²) in [5.41, 5.74) is 0. The Balaban J connectivity index is 1.67. The number of nitrogens with zero attached hydrogens (tertiary/aromatic N) is 2. The highest BCUT2D eigenvalue weighted by atomic mass is 32.1. The van der Waals surface area contributed by atoms with Crippen molar-refractivity contribution in [3.8, 4) is 0 Å². The number of urea groups is 1. The number of amides is 2. The third kappa shape index (κ3) is 5.61. The van der Waals surface area contributed by atoms with Crippen molar-refractivity contribution in [1.29, 1.82) is 0 Å². The molecule has 0 saturated carbocycles. The van der Waals surface area contributed by atoms with Gasteiger partial charge in [0.15, 0.2) is 0 Å². The van der Waals surface area contributed by atoms with Crippen molar-refractivity contribution in [2.75, 3.05) is 40.3 Å². The van der Waals surface area contributed by atoms with Crippen molar-refractivity contribution < 1.29 is 4.79 Å².